The molecule has 29 heavy (non-hydrogen) atoms. The number of carbonyl (C=O) groups excluding carboxylic acids is 2. The Kier molecular flexibility index (Phi) is 4.74. The van der Waals surface area contributed by atoms with Gasteiger partial charge in [0.1, 0.15) is 5.58 Å². The lowest BCUT2D eigenvalue weighted by atomic mass is 10.1. The molecule has 0 saturated heterocycles. The fourth-order valence-electron chi connectivity index (χ4n) is 3.00. The summed E-state index contributed by atoms with van der Waals surface area (Å²) in [5.74, 6) is -0.763. The number of amides is 2. The lowest BCUT2D eigenvalue weighted by Gasteiger charge is -2.06. The Morgan fingerprint density at radius 2 is 1.69 bits per heavy atom. The number of rotatable bonds is 4. The van der Waals surface area contributed by atoms with Crippen LogP contribution in [0.15, 0.2) is 65.2 Å². The van der Waals surface area contributed by atoms with Gasteiger partial charge >= 0.3 is 5.91 Å². The van der Waals surface area contributed by atoms with E-state index in [9.17, 15) is 9.59 Å². The number of aryl methyl sites for hydroxylation is 1. The van der Waals surface area contributed by atoms with Gasteiger partial charge in [0, 0.05) is 10.9 Å². The minimum Gasteiger partial charge on any atom is -0.493 e. The minimum atomic E-state index is -0.612. The molecule has 0 unspecified atom stereocenters. The molecule has 0 aliphatic carbocycles. The fourth-order valence-corrected chi connectivity index (χ4v) is 3.00. The normalized spacial score (nSPS) is 10.7. The summed E-state index contributed by atoms with van der Waals surface area (Å²) < 4.78 is 12.4. The highest BCUT2D eigenvalue weighted by molar-refractivity contribution is 6.01. The van der Waals surface area contributed by atoms with Crippen LogP contribution in [0.25, 0.3) is 16.7 Å². The molecule has 0 atom stereocenters. The second kappa shape index (κ2) is 7.51. The molecule has 2 aromatic heterocycles. The number of ether oxygens (including phenoxy) is 1. The summed E-state index contributed by atoms with van der Waals surface area (Å²) in [5, 5.41) is 5.10. The topological polar surface area (TPSA) is 98.4 Å². The molecule has 0 radical (unpaired) electrons. The number of furan rings is 1. The van der Waals surface area contributed by atoms with Gasteiger partial charge in [-0.15, -0.1) is 0 Å². The van der Waals surface area contributed by atoms with E-state index in [1.165, 1.54) is 11.8 Å². The van der Waals surface area contributed by atoms with E-state index >= 15 is 0 Å². The SMILES string of the molecule is COc1cn(-c2ccccc2)nc1C(=O)NNC(=O)c1oc2ccccc2c1C. The van der Waals surface area contributed by atoms with Gasteiger partial charge in [0.2, 0.25) is 0 Å². The van der Waals surface area contributed by atoms with Crippen molar-refractivity contribution < 1.29 is 18.7 Å². The average molecular weight is 390 g/mol. The van der Waals surface area contributed by atoms with Crippen molar-refractivity contribution >= 4 is 22.8 Å². The van der Waals surface area contributed by atoms with Gasteiger partial charge in [0.25, 0.3) is 5.91 Å². The number of benzene rings is 2. The van der Waals surface area contributed by atoms with Crippen LogP contribution in [-0.2, 0) is 0 Å². The highest BCUT2D eigenvalue weighted by Gasteiger charge is 2.21. The molecule has 8 nitrogen and oxygen atoms in total. The van der Waals surface area contributed by atoms with Crippen molar-refractivity contribution in [1.82, 2.24) is 20.6 Å². The molecule has 0 bridgehead atoms. The third-order valence-electron chi connectivity index (χ3n) is 4.48. The summed E-state index contributed by atoms with van der Waals surface area (Å²) in [4.78, 5) is 25.0. The smallest absolute Gasteiger partial charge is 0.305 e. The van der Waals surface area contributed by atoms with E-state index in [4.69, 9.17) is 9.15 Å². The average Bonchev–Trinajstić information content (AvgIpc) is 3.34. The Labute approximate surface area is 166 Å². The summed E-state index contributed by atoms with van der Waals surface area (Å²) in [6, 6.07) is 16.6. The number of nitrogens with one attached hydrogen (secondary N) is 2. The monoisotopic (exact) mass is 390 g/mol. The molecule has 0 fully saturated rings. The van der Waals surface area contributed by atoms with Crippen LogP contribution in [0.3, 0.4) is 0 Å². The zero-order valence-corrected chi connectivity index (χ0v) is 15.8. The quantitative estimate of drug-likeness (QED) is 0.522. The molecule has 8 heteroatoms. The molecule has 0 aliphatic heterocycles. The lowest BCUT2D eigenvalue weighted by Crippen LogP contribution is -2.42. The number of aromatic nitrogens is 2. The standard InChI is InChI=1S/C21H18N4O4/c1-13-15-10-6-7-11-16(15)29-19(13)21(27)23-22-20(26)18-17(28-2)12-25(24-18)14-8-4-3-5-9-14/h3-12H,1-2H3,(H,22,26)(H,23,27). The van der Waals surface area contributed by atoms with Crippen LogP contribution in [0.4, 0.5) is 0 Å². The van der Waals surface area contributed by atoms with Gasteiger partial charge in [-0.3, -0.25) is 20.4 Å². The maximum atomic E-state index is 12.5. The Balaban J connectivity index is 1.51. The van der Waals surface area contributed by atoms with Crippen LogP contribution in [0.1, 0.15) is 26.6 Å². The fraction of sp³-hybridized carbons (Fsp3) is 0.0952. The Bertz CT molecular complexity index is 1190. The summed E-state index contributed by atoms with van der Waals surface area (Å²) >= 11 is 0. The van der Waals surface area contributed by atoms with E-state index in [0.29, 0.717) is 11.1 Å². The first kappa shape index (κ1) is 18.3. The Morgan fingerprint density at radius 3 is 2.41 bits per heavy atom. The highest BCUT2D eigenvalue weighted by Crippen LogP contribution is 2.24. The van der Waals surface area contributed by atoms with Crippen molar-refractivity contribution in [1.29, 1.82) is 0 Å². The molecule has 0 spiro atoms. The summed E-state index contributed by atoms with van der Waals surface area (Å²) in [6.07, 6.45) is 1.59. The Morgan fingerprint density at radius 1 is 1.00 bits per heavy atom. The first-order chi connectivity index (χ1) is 14.1. The highest BCUT2D eigenvalue weighted by atomic mass is 16.5. The predicted octanol–water partition coefficient (Wildman–Crippen LogP) is 3.01. The van der Waals surface area contributed by atoms with Crippen LogP contribution in [-0.4, -0.2) is 28.7 Å². The zero-order valence-electron chi connectivity index (χ0n) is 15.8. The van der Waals surface area contributed by atoms with Gasteiger partial charge < -0.3 is 9.15 Å². The molecule has 2 amide bonds. The van der Waals surface area contributed by atoms with Gasteiger partial charge in [-0.2, -0.15) is 5.10 Å². The largest absolute Gasteiger partial charge is 0.493 e. The van der Waals surface area contributed by atoms with Crippen molar-refractivity contribution in [3.63, 3.8) is 0 Å². The molecular formula is C21H18N4O4. The number of hydrogen-bond acceptors (Lipinski definition) is 5. The maximum absolute atomic E-state index is 12.5. The van der Waals surface area contributed by atoms with Crippen molar-refractivity contribution in [2.24, 2.45) is 0 Å². The van der Waals surface area contributed by atoms with Gasteiger partial charge in [0.15, 0.2) is 17.2 Å². The third-order valence-corrected chi connectivity index (χ3v) is 4.48. The number of hydrogen-bond donors (Lipinski definition) is 2. The molecule has 0 saturated carbocycles. The van der Waals surface area contributed by atoms with E-state index in [1.54, 1.807) is 19.2 Å². The van der Waals surface area contributed by atoms with E-state index in [1.807, 2.05) is 48.5 Å². The second-order valence-electron chi connectivity index (χ2n) is 6.29. The molecule has 146 valence electrons. The van der Waals surface area contributed by atoms with Crippen molar-refractivity contribution in [2.75, 3.05) is 7.11 Å². The lowest BCUT2D eigenvalue weighted by molar-refractivity contribution is 0.0827. The number of para-hydroxylation sites is 2. The van der Waals surface area contributed by atoms with Crippen LogP contribution in [0.2, 0.25) is 0 Å². The first-order valence-electron chi connectivity index (χ1n) is 8.86. The molecule has 2 heterocycles. The van der Waals surface area contributed by atoms with Crippen LogP contribution in [0, 0.1) is 6.92 Å². The van der Waals surface area contributed by atoms with Crippen molar-refractivity contribution in [2.45, 2.75) is 6.92 Å². The summed E-state index contributed by atoms with van der Waals surface area (Å²) in [6.45, 7) is 1.78. The number of nitrogens with zero attached hydrogens (tertiary/aromatic N) is 2. The van der Waals surface area contributed by atoms with Gasteiger partial charge in [-0.05, 0) is 25.1 Å². The van der Waals surface area contributed by atoms with Crippen LogP contribution in [0.5, 0.6) is 5.75 Å². The number of methoxy groups -OCH3 is 1. The van der Waals surface area contributed by atoms with Gasteiger partial charge in [0.05, 0.1) is 19.0 Å². The van der Waals surface area contributed by atoms with Crippen LogP contribution < -0.4 is 15.6 Å². The number of hydrazine groups is 1. The second-order valence-corrected chi connectivity index (χ2v) is 6.29. The van der Waals surface area contributed by atoms with Gasteiger partial charge in [-0.25, -0.2) is 4.68 Å². The van der Waals surface area contributed by atoms with Crippen molar-refractivity contribution in [3.05, 3.63) is 77.8 Å². The van der Waals surface area contributed by atoms with E-state index in [0.717, 1.165) is 11.1 Å². The number of fused-ring (bicyclic) bond motifs is 1. The number of carbonyl (C=O) groups is 2. The van der Waals surface area contributed by atoms with E-state index < -0.39 is 11.8 Å². The van der Waals surface area contributed by atoms with Crippen LogP contribution >= 0.6 is 0 Å². The molecular weight excluding hydrogens is 372 g/mol. The van der Waals surface area contributed by atoms with Crippen molar-refractivity contribution in [3.8, 4) is 11.4 Å². The summed E-state index contributed by atoms with van der Waals surface area (Å²) in [7, 11) is 1.44. The third kappa shape index (κ3) is 3.43. The first-order valence-corrected chi connectivity index (χ1v) is 8.86. The van der Waals surface area contributed by atoms with E-state index in [-0.39, 0.29) is 17.2 Å². The molecule has 0 aliphatic rings. The van der Waals surface area contributed by atoms with E-state index in [2.05, 4.69) is 16.0 Å². The Hall–Kier alpha value is -4.07. The maximum Gasteiger partial charge on any atom is 0.305 e. The predicted molar refractivity (Wildman–Crippen MR) is 106 cm³/mol. The zero-order chi connectivity index (χ0) is 20.4. The molecule has 2 N–H and O–H groups in total. The molecule has 2 aromatic carbocycles. The minimum absolute atomic E-state index is 0.0398. The summed E-state index contributed by atoms with van der Waals surface area (Å²) in [5.41, 5.74) is 6.82. The molecule has 4 rings (SSSR count). The molecule has 4 aromatic rings. The van der Waals surface area contributed by atoms with Gasteiger partial charge in [-0.1, -0.05) is 36.4 Å².